The van der Waals surface area contributed by atoms with Crippen molar-refractivity contribution in [3.63, 3.8) is 0 Å². The van der Waals surface area contributed by atoms with Crippen molar-refractivity contribution in [1.82, 2.24) is 10.2 Å². The summed E-state index contributed by atoms with van der Waals surface area (Å²) in [6, 6.07) is 6.06. The molecule has 0 saturated heterocycles. The van der Waals surface area contributed by atoms with Crippen LogP contribution < -0.4 is 5.32 Å². The third-order valence-corrected chi connectivity index (χ3v) is 2.77. The number of benzene rings is 1. The van der Waals surface area contributed by atoms with E-state index >= 15 is 0 Å². The third kappa shape index (κ3) is 4.31. The molecule has 8 heteroatoms. The van der Waals surface area contributed by atoms with Crippen molar-refractivity contribution >= 4 is 11.6 Å². The number of halogens is 3. The van der Waals surface area contributed by atoms with Crippen LogP contribution in [-0.2, 0) is 17.6 Å². The lowest BCUT2D eigenvalue weighted by molar-refractivity contribution is -0.167. The summed E-state index contributed by atoms with van der Waals surface area (Å²) >= 11 is 0. The van der Waals surface area contributed by atoms with Gasteiger partial charge in [-0.1, -0.05) is 19.1 Å². The zero-order valence-electron chi connectivity index (χ0n) is 11.8. The van der Waals surface area contributed by atoms with Gasteiger partial charge in [-0.25, -0.2) is 0 Å². The topological polar surface area (TPSA) is 68.0 Å². The highest BCUT2D eigenvalue weighted by atomic mass is 19.4. The smallest absolute Gasteiger partial charge is 0.425 e. The number of nitrogens with one attached hydrogen (secondary N) is 1. The summed E-state index contributed by atoms with van der Waals surface area (Å²) in [6.45, 7) is 1.98. The third-order valence-electron chi connectivity index (χ3n) is 2.77. The molecular formula is C14H14F3N3O2. The highest BCUT2D eigenvalue weighted by Crippen LogP contribution is 2.20. The van der Waals surface area contributed by atoms with Crippen molar-refractivity contribution in [1.29, 1.82) is 0 Å². The number of hydrogen-bond acceptors (Lipinski definition) is 4. The first-order valence-corrected chi connectivity index (χ1v) is 6.67. The zero-order chi connectivity index (χ0) is 16.2. The van der Waals surface area contributed by atoms with Crippen LogP contribution in [0.5, 0.6) is 0 Å². The standard InChI is InChI=1S/C14H14F3N3O2/c1-2-4-11-19-20-12(22-11)8-9-5-3-6-10(7-9)18-13(21)14(15,16)17/h3,5-7H,2,4,8H2,1H3,(H,18,21). The summed E-state index contributed by atoms with van der Waals surface area (Å²) in [4.78, 5) is 10.9. The Balaban J connectivity index is 2.06. The Morgan fingerprint density at radius 2 is 2.00 bits per heavy atom. The molecule has 1 amide bonds. The molecular weight excluding hydrogens is 299 g/mol. The molecule has 0 bridgehead atoms. The predicted octanol–water partition coefficient (Wildman–Crippen LogP) is 3.11. The SMILES string of the molecule is CCCc1nnc(Cc2cccc(NC(=O)C(F)(F)F)c2)o1. The molecule has 0 unspecified atom stereocenters. The number of hydrogen-bond donors (Lipinski definition) is 1. The quantitative estimate of drug-likeness (QED) is 0.921. The lowest BCUT2D eigenvalue weighted by Crippen LogP contribution is -2.29. The molecule has 0 atom stereocenters. The molecule has 2 aromatic rings. The normalized spacial score (nSPS) is 11.5. The summed E-state index contributed by atoms with van der Waals surface area (Å²) in [5.41, 5.74) is 0.722. The zero-order valence-corrected chi connectivity index (χ0v) is 11.8. The highest BCUT2D eigenvalue weighted by molar-refractivity contribution is 5.94. The van der Waals surface area contributed by atoms with Gasteiger partial charge in [-0.05, 0) is 24.1 Å². The summed E-state index contributed by atoms with van der Waals surface area (Å²) in [7, 11) is 0. The van der Waals surface area contributed by atoms with Crippen LogP contribution in [0.15, 0.2) is 28.7 Å². The highest BCUT2D eigenvalue weighted by Gasteiger charge is 2.38. The van der Waals surface area contributed by atoms with Gasteiger partial charge in [0, 0.05) is 12.1 Å². The van der Waals surface area contributed by atoms with E-state index in [4.69, 9.17) is 4.42 Å². The minimum absolute atomic E-state index is 0.0631. The summed E-state index contributed by atoms with van der Waals surface area (Å²) < 4.78 is 42.1. The first-order valence-electron chi connectivity index (χ1n) is 6.67. The largest absolute Gasteiger partial charge is 0.471 e. The van der Waals surface area contributed by atoms with Gasteiger partial charge in [-0.2, -0.15) is 13.2 Å². The predicted molar refractivity (Wildman–Crippen MR) is 72.2 cm³/mol. The van der Waals surface area contributed by atoms with Gasteiger partial charge < -0.3 is 9.73 Å². The minimum Gasteiger partial charge on any atom is -0.425 e. The van der Waals surface area contributed by atoms with Gasteiger partial charge in [0.1, 0.15) is 0 Å². The van der Waals surface area contributed by atoms with Gasteiger partial charge in [-0.3, -0.25) is 4.79 Å². The molecule has 118 valence electrons. The monoisotopic (exact) mass is 313 g/mol. The maximum absolute atomic E-state index is 12.2. The van der Waals surface area contributed by atoms with Crippen LogP contribution in [0, 0.1) is 0 Å². The number of nitrogens with zero attached hydrogens (tertiary/aromatic N) is 2. The number of amides is 1. The Bertz CT molecular complexity index is 653. The van der Waals surface area contributed by atoms with Crippen molar-refractivity contribution < 1.29 is 22.4 Å². The van der Waals surface area contributed by atoms with Crippen LogP contribution in [0.1, 0.15) is 30.7 Å². The lowest BCUT2D eigenvalue weighted by atomic mass is 10.1. The van der Waals surface area contributed by atoms with Crippen molar-refractivity contribution in [3.8, 4) is 0 Å². The second-order valence-corrected chi connectivity index (χ2v) is 4.67. The number of aromatic nitrogens is 2. The number of aryl methyl sites for hydroxylation is 1. The fraction of sp³-hybridized carbons (Fsp3) is 0.357. The number of alkyl halides is 3. The minimum atomic E-state index is -4.92. The number of carbonyl (C=O) groups is 1. The Morgan fingerprint density at radius 1 is 1.27 bits per heavy atom. The van der Waals surface area contributed by atoms with E-state index in [2.05, 4.69) is 10.2 Å². The molecule has 0 aliphatic rings. The van der Waals surface area contributed by atoms with E-state index in [0.717, 1.165) is 6.42 Å². The maximum atomic E-state index is 12.2. The van der Waals surface area contributed by atoms with Gasteiger partial charge in [0.15, 0.2) is 0 Å². The molecule has 0 aliphatic heterocycles. The van der Waals surface area contributed by atoms with Crippen LogP contribution in [0.2, 0.25) is 0 Å². The van der Waals surface area contributed by atoms with Crippen LogP contribution in [0.3, 0.4) is 0 Å². The number of rotatable bonds is 5. The first-order chi connectivity index (χ1) is 10.4. The summed E-state index contributed by atoms with van der Waals surface area (Å²) in [5.74, 6) is -1.10. The Morgan fingerprint density at radius 3 is 2.68 bits per heavy atom. The Kier molecular flexibility index (Phi) is 4.79. The van der Waals surface area contributed by atoms with Crippen LogP contribution in [0.4, 0.5) is 18.9 Å². The van der Waals surface area contributed by atoms with Gasteiger partial charge >= 0.3 is 12.1 Å². The fourth-order valence-electron chi connectivity index (χ4n) is 1.81. The van der Waals surface area contributed by atoms with Gasteiger partial charge in [0.25, 0.3) is 0 Å². The average molecular weight is 313 g/mol. The molecule has 1 heterocycles. The number of carbonyl (C=O) groups excluding carboxylic acids is 1. The van der Waals surface area contributed by atoms with E-state index < -0.39 is 12.1 Å². The van der Waals surface area contributed by atoms with Gasteiger partial charge in [-0.15, -0.1) is 10.2 Å². The van der Waals surface area contributed by atoms with E-state index in [1.54, 1.807) is 17.4 Å². The second kappa shape index (κ2) is 6.59. The number of anilines is 1. The molecule has 22 heavy (non-hydrogen) atoms. The summed E-state index contributed by atoms with van der Waals surface area (Å²) in [5, 5.41) is 9.55. The summed E-state index contributed by atoms with van der Waals surface area (Å²) in [6.07, 6.45) is -3.08. The first kappa shape index (κ1) is 16.0. The van der Waals surface area contributed by atoms with Crippen LogP contribution in [0.25, 0.3) is 0 Å². The molecule has 0 spiro atoms. The van der Waals surface area contributed by atoms with E-state index in [1.165, 1.54) is 12.1 Å². The van der Waals surface area contributed by atoms with Crippen LogP contribution >= 0.6 is 0 Å². The van der Waals surface area contributed by atoms with E-state index in [9.17, 15) is 18.0 Å². The van der Waals surface area contributed by atoms with Gasteiger partial charge in [0.05, 0.1) is 6.42 Å². The Hall–Kier alpha value is -2.38. The molecule has 1 aromatic heterocycles. The maximum Gasteiger partial charge on any atom is 0.471 e. The average Bonchev–Trinajstić information content (AvgIpc) is 2.86. The van der Waals surface area contributed by atoms with Crippen LogP contribution in [-0.4, -0.2) is 22.3 Å². The molecule has 1 aromatic carbocycles. The van der Waals surface area contributed by atoms with Gasteiger partial charge in [0.2, 0.25) is 11.8 Å². The second-order valence-electron chi connectivity index (χ2n) is 4.67. The lowest BCUT2D eigenvalue weighted by Gasteiger charge is -2.08. The molecule has 0 aliphatic carbocycles. The van der Waals surface area contributed by atoms with E-state index in [0.29, 0.717) is 23.8 Å². The fourth-order valence-corrected chi connectivity index (χ4v) is 1.81. The Labute approximate surface area is 124 Å². The van der Waals surface area contributed by atoms with Crippen molar-refractivity contribution in [2.24, 2.45) is 0 Å². The molecule has 0 radical (unpaired) electrons. The van der Waals surface area contributed by atoms with E-state index in [1.807, 2.05) is 6.92 Å². The van der Waals surface area contributed by atoms with Crippen molar-refractivity contribution in [2.75, 3.05) is 5.32 Å². The molecule has 0 saturated carbocycles. The van der Waals surface area contributed by atoms with E-state index in [-0.39, 0.29) is 12.1 Å². The van der Waals surface area contributed by atoms with Crippen molar-refractivity contribution in [2.45, 2.75) is 32.4 Å². The molecule has 5 nitrogen and oxygen atoms in total. The van der Waals surface area contributed by atoms with Crippen molar-refractivity contribution in [3.05, 3.63) is 41.6 Å². The molecule has 1 N–H and O–H groups in total. The molecule has 0 fully saturated rings. The molecule has 2 rings (SSSR count).